The average molecular weight is 462 g/mol. The minimum Gasteiger partial charge on any atom is -0.507 e. The van der Waals surface area contributed by atoms with E-state index in [-0.39, 0.29) is 4.87 Å². The van der Waals surface area contributed by atoms with Crippen molar-refractivity contribution >= 4 is 0 Å². The third kappa shape index (κ3) is 9.45. The monoisotopic (exact) mass is 461 g/mol. The van der Waals surface area contributed by atoms with Crippen LogP contribution in [0.5, 0.6) is 11.5 Å². The van der Waals surface area contributed by atoms with E-state index in [0.29, 0.717) is 17.9 Å². The van der Waals surface area contributed by atoms with Gasteiger partial charge in [0.05, 0.1) is 0 Å². The number of hydrogen-bond acceptors (Lipinski definition) is 2. The summed E-state index contributed by atoms with van der Waals surface area (Å²) in [5, 5.41) is 20.9. The number of aromatic hydroxyl groups is 2. The van der Waals surface area contributed by atoms with Crippen molar-refractivity contribution < 1.29 is 21.8 Å². The standard InChI is InChI=1S/C29H45ClO2/c1-20(2)12-9-13-21(3)14-10-15-22(4)16-11-18-29(8,30)19-17-26-25(7)27(31)23(5)24(6)28(26)32/h12,14,16,30H,9-11,13,15,17-19H2,1-8H3,(H-,31,32)/p+1/b21-14+,22-16+. The molecule has 0 saturated heterocycles. The topological polar surface area (TPSA) is 40.5 Å². The van der Waals surface area contributed by atoms with E-state index < -0.39 is 0 Å². The number of phenolic OH excluding ortho intramolecular Hbond substituents is 2. The zero-order valence-corrected chi connectivity index (χ0v) is 22.5. The molecule has 32 heavy (non-hydrogen) atoms. The number of hydrogen-bond donors (Lipinski definition) is 2. The summed E-state index contributed by atoms with van der Waals surface area (Å²) in [5.74, 6) is 0.602. The molecule has 1 aromatic rings. The number of allylic oxidation sites excluding steroid dienone is 6. The van der Waals surface area contributed by atoms with Crippen molar-refractivity contribution in [3.63, 3.8) is 0 Å². The fraction of sp³-hybridized carbons (Fsp3) is 0.586. The van der Waals surface area contributed by atoms with Crippen molar-refractivity contribution in [1.29, 1.82) is 0 Å². The molecular formula is C29H46ClO2+. The minimum absolute atomic E-state index is 0.231. The summed E-state index contributed by atoms with van der Waals surface area (Å²) in [7, 11) is 0. The van der Waals surface area contributed by atoms with E-state index >= 15 is 0 Å². The summed E-state index contributed by atoms with van der Waals surface area (Å²) in [5.41, 5.74) is 7.42. The lowest BCUT2D eigenvalue weighted by Crippen LogP contribution is -2.22. The van der Waals surface area contributed by atoms with Crippen molar-refractivity contribution in [3.8, 4) is 11.5 Å². The molecule has 1 aromatic carbocycles. The molecule has 0 saturated carbocycles. The molecule has 0 radical (unpaired) electrons. The molecule has 1 unspecified atom stereocenters. The fourth-order valence-corrected chi connectivity index (χ4v) is 4.19. The lowest BCUT2D eigenvalue weighted by molar-refractivity contribution is -0.475. The summed E-state index contributed by atoms with van der Waals surface area (Å²) < 4.78 is 0. The van der Waals surface area contributed by atoms with Gasteiger partial charge in [0.2, 0.25) is 0 Å². The van der Waals surface area contributed by atoms with Gasteiger partial charge in [0, 0.05) is 18.4 Å². The van der Waals surface area contributed by atoms with E-state index in [9.17, 15) is 10.2 Å². The molecule has 1 rings (SSSR count). The van der Waals surface area contributed by atoms with E-state index in [1.165, 1.54) is 16.7 Å². The Bertz CT molecular complexity index is 823. The molecule has 0 amide bonds. The van der Waals surface area contributed by atoms with Gasteiger partial charge in [-0.15, -0.1) is 0 Å². The molecule has 0 bridgehead atoms. The maximum Gasteiger partial charge on any atom is 0.187 e. The molecule has 0 aliphatic heterocycles. The van der Waals surface area contributed by atoms with Crippen LogP contribution in [0.4, 0.5) is 0 Å². The predicted molar refractivity (Wildman–Crippen MR) is 137 cm³/mol. The van der Waals surface area contributed by atoms with Gasteiger partial charge in [-0.2, -0.15) is 0 Å². The highest BCUT2D eigenvalue weighted by Crippen LogP contribution is 2.37. The summed E-state index contributed by atoms with van der Waals surface area (Å²) in [4.78, 5) is -0.231. The quantitative estimate of drug-likeness (QED) is 0.187. The molecule has 0 spiro atoms. The minimum atomic E-state index is -0.231. The lowest BCUT2D eigenvalue weighted by atomic mass is 9.90. The van der Waals surface area contributed by atoms with Crippen LogP contribution in [0.3, 0.4) is 0 Å². The first-order valence-electron chi connectivity index (χ1n) is 12.0. The van der Waals surface area contributed by atoms with Crippen LogP contribution in [-0.4, -0.2) is 15.1 Å². The molecule has 0 aliphatic carbocycles. The highest BCUT2D eigenvalue weighted by Gasteiger charge is 2.30. The predicted octanol–water partition coefficient (Wildman–Crippen LogP) is 8.20. The second kappa shape index (κ2) is 13.1. The Morgan fingerprint density at radius 3 is 1.81 bits per heavy atom. The van der Waals surface area contributed by atoms with Gasteiger partial charge in [-0.3, -0.25) is 0 Å². The number of rotatable bonds is 12. The Morgan fingerprint density at radius 1 is 0.750 bits per heavy atom. The molecule has 0 aliphatic rings. The normalized spacial score (nSPS) is 14.4. The van der Waals surface area contributed by atoms with Gasteiger partial charge < -0.3 is 10.2 Å². The van der Waals surface area contributed by atoms with Crippen LogP contribution in [0.1, 0.15) is 102 Å². The van der Waals surface area contributed by atoms with Gasteiger partial charge in [-0.25, -0.2) is 0 Å². The second-order valence-corrected chi connectivity index (χ2v) is 11.0. The van der Waals surface area contributed by atoms with Crippen molar-refractivity contribution in [3.05, 3.63) is 57.2 Å². The molecule has 180 valence electrons. The van der Waals surface area contributed by atoms with Crippen LogP contribution in [-0.2, 0) is 6.42 Å². The highest BCUT2D eigenvalue weighted by molar-refractivity contribution is 5.56. The second-order valence-electron chi connectivity index (χ2n) is 10.00. The van der Waals surface area contributed by atoms with Crippen molar-refractivity contribution in [2.75, 3.05) is 0 Å². The molecule has 2 N–H and O–H groups in total. The Kier molecular flexibility index (Phi) is 11.6. The van der Waals surface area contributed by atoms with Crippen LogP contribution in [0.2, 0.25) is 0 Å². The number of halogens is 1. The Balaban J connectivity index is 2.53. The average Bonchev–Trinajstić information content (AvgIpc) is 2.70. The van der Waals surface area contributed by atoms with Gasteiger partial charge in [-0.1, -0.05) is 34.9 Å². The highest BCUT2D eigenvalue weighted by atomic mass is 35.5. The Hall–Kier alpha value is -1.67. The van der Waals surface area contributed by atoms with E-state index in [2.05, 4.69) is 52.8 Å². The first-order valence-corrected chi connectivity index (χ1v) is 12.4. The van der Waals surface area contributed by atoms with E-state index in [1.54, 1.807) is 0 Å². The van der Waals surface area contributed by atoms with Gasteiger partial charge in [0.1, 0.15) is 23.1 Å². The Labute approximate surface area is 202 Å². The van der Waals surface area contributed by atoms with Crippen molar-refractivity contribution in [2.24, 2.45) is 0 Å². The smallest absolute Gasteiger partial charge is 0.187 e. The van der Waals surface area contributed by atoms with Crippen molar-refractivity contribution in [2.45, 2.75) is 112 Å². The lowest BCUT2D eigenvalue weighted by Gasteiger charge is -2.18. The van der Waals surface area contributed by atoms with E-state index in [4.69, 9.17) is 11.6 Å². The number of benzene rings is 1. The van der Waals surface area contributed by atoms with Gasteiger partial charge >= 0.3 is 0 Å². The van der Waals surface area contributed by atoms with Crippen LogP contribution < -0.4 is 0 Å². The zero-order valence-electron chi connectivity index (χ0n) is 21.7. The van der Waals surface area contributed by atoms with Gasteiger partial charge in [-0.05, 0) is 111 Å². The zero-order chi connectivity index (χ0) is 24.5. The summed E-state index contributed by atoms with van der Waals surface area (Å²) >= 11 is 5.87. The van der Waals surface area contributed by atoms with Crippen LogP contribution >= 0.6 is 0 Å². The SMILES string of the molecule is CC(C)=CCC/C(C)=C/CC/C(C)=C/CCC(C)([ClH+])CCc1c(C)c(O)c(C)c(C)c1O. The molecule has 0 aromatic heterocycles. The van der Waals surface area contributed by atoms with E-state index in [1.807, 2.05) is 20.8 Å². The first-order chi connectivity index (χ1) is 14.9. The molecule has 2 nitrogen and oxygen atoms in total. The molecule has 0 fully saturated rings. The summed E-state index contributed by atoms with van der Waals surface area (Å²) in [6.07, 6.45) is 14.9. The van der Waals surface area contributed by atoms with Crippen molar-refractivity contribution in [1.82, 2.24) is 0 Å². The Morgan fingerprint density at radius 2 is 1.25 bits per heavy atom. The fourth-order valence-electron chi connectivity index (χ4n) is 3.97. The molecule has 0 heterocycles. The van der Waals surface area contributed by atoms with Gasteiger partial charge in [0.25, 0.3) is 0 Å². The first kappa shape index (κ1) is 28.4. The van der Waals surface area contributed by atoms with Gasteiger partial charge in [0.15, 0.2) is 4.87 Å². The van der Waals surface area contributed by atoms with Crippen LogP contribution in [0.25, 0.3) is 0 Å². The molecule has 3 heteroatoms. The maximum atomic E-state index is 10.6. The third-order valence-electron chi connectivity index (χ3n) is 6.56. The summed E-state index contributed by atoms with van der Waals surface area (Å²) in [6, 6.07) is 0. The third-order valence-corrected chi connectivity index (χ3v) is 6.97. The van der Waals surface area contributed by atoms with E-state index in [0.717, 1.165) is 67.2 Å². The summed E-state index contributed by atoms with van der Waals surface area (Å²) in [6.45, 7) is 16.4. The van der Waals surface area contributed by atoms with Crippen LogP contribution in [0.15, 0.2) is 34.9 Å². The molecule has 1 atom stereocenters. The maximum absolute atomic E-state index is 10.6. The van der Waals surface area contributed by atoms with Crippen LogP contribution in [0, 0.1) is 32.4 Å². The number of phenols is 2. The molecular weight excluding hydrogens is 416 g/mol. The number of alkyl halides is 1. The largest absolute Gasteiger partial charge is 0.507 e.